The van der Waals surface area contributed by atoms with Crippen LogP contribution in [0.1, 0.15) is 0 Å². The van der Waals surface area contributed by atoms with E-state index in [1.807, 2.05) is 18.2 Å². The number of benzene rings is 1. The lowest BCUT2D eigenvalue weighted by molar-refractivity contribution is -0.135. The molecule has 0 aromatic heterocycles. The fraction of sp³-hybridized carbons (Fsp3) is 0.385. The summed E-state index contributed by atoms with van der Waals surface area (Å²) in [6, 6.07) is 8.66. The summed E-state index contributed by atoms with van der Waals surface area (Å²) >= 11 is 0. The Morgan fingerprint density at radius 2 is 2.11 bits per heavy atom. The van der Waals surface area contributed by atoms with Crippen molar-refractivity contribution in [1.29, 1.82) is 0 Å². The van der Waals surface area contributed by atoms with Gasteiger partial charge in [0.2, 0.25) is 5.91 Å². The minimum absolute atomic E-state index is 0.0322. The molecule has 1 aromatic rings. The molecule has 1 fully saturated rings. The quantitative estimate of drug-likeness (QED) is 0.756. The second kappa shape index (κ2) is 6.19. The van der Waals surface area contributed by atoms with Gasteiger partial charge in [0.05, 0.1) is 0 Å². The van der Waals surface area contributed by atoms with Crippen LogP contribution in [0.2, 0.25) is 0 Å². The van der Waals surface area contributed by atoms with Crippen molar-refractivity contribution in [2.24, 2.45) is 5.73 Å². The van der Waals surface area contributed by atoms with Crippen molar-refractivity contribution in [3.8, 4) is 5.75 Å². The Kier molecular flexibility index (Phi) is 4.35. The van der Waals surface area contributed by atoms with Gasteiger partial charge in [-0.25, -0.2) is 0 Å². The zero-order valence-corrected chi connectivity index (χ0v) is 10.5. The van der Waals surface area contributed by atoms with E-state index in [-0.39, 0.29) is 12.5 Å². The molecule has 1 heterocycles. The van der Waals surface area contributed by atoms with Crippen LogP contribution in [0.25, 0.3) is 0 Å². The molecule has 1 saturated heterocycles. The molecular formula is C13H17N3O3. The van der Waals surface area contributed by atoms with Crippen LogP contribution in [0.15, 0.2) is 30.3 Å². The molecule has 0 saturated carbocycles. The minimum Gasteiger partial charge on any atom is -0.484 e. The summed E-state index contributed by atoms with van der Waals surface area (Å²) in [5, 5.41) is 2.97. The number of primary amides is 1. The SMILES string of the molecule is NC(=O)[C@@H]1CN(C(=O)COc2ccccc2)CCN1. The van der Waals surface area contributed by atoms with Gasteiger partial charge in [-0.2, -0.15) is 0 Å². The predicted molar refractivity (Wildman–Crippen MR) is 69.5 cm³/mol. The smallest absolute Gasteiger partial charge is 0.260 e. The third-order valence-electron chi connectivity index (χ3n) is 2.98. The Labute approximate surface area is 111 Å². The van der Waals surface area contributed by atoms with Crippen LogP contribution in [-0.4, -0.2) is 49.0 Å². The van der Waals surface area contributed by atoms with Gasteiger partial charge in [0, 0.05) is 19.6 Å². The van der Waals surface area contributed by atoms with E-state index >= 15 is 0 Å². The van der Waals surface area contributed by atoms with Crippen molar-refractivity contribution < 1.29 is 14.3 Å². The number of nitrogens with zero attached hydrogens (tertiary/aromatic N) is 1. The molecule has 3 N–H and O–H groups in total. The van der Waals surface area contributed by atoms with E-state index in [0.717, 1.165) is 0 Å². The average Bonchev–Trinajstić information content (AvgIpc) is 2.46. The molecule has 0 spiro atoms. The molecule has 1 aliphatic rings. The van der Waals surface area contributed by atoms with Crippen LogP contribution in [0.4, 0.5) is 0 Å². The van der Waals surface area contributed by atoms with Gasteiger partial charge in [-0.3, -0.25) is 9.59 Å². The number of amides is 2. The van der Waals surface area contributed by atoms with Crippen LogP contribution in [0.3, 0.4) is 0 Å². The Morgan fingerprint density at radius 3 is 2.79 bits per heavy atom. The number of hydrogen-bond acceptors (Lipinski definition) is 4. The van der Waals surface area contributed by atoms with Gasteiger partial charge in [-0.1, -0.05) is 18.2 Å². The Hall–Kier alpha value is -2.08. The highest BCUT2D eigenvalue weighted by atomic mass is 16.5. The largest absolute Gasteiger partial charge is 0.484 e. The van der Waals surface area contributed by atoms with Gasteiger partial charge in [-0.15, -0.1) is 0 Å². The first-order valence-electron chi connectivity index (χ1n) is 6.15. The number of ether oxygens (including phenoxy) is 1. The predicted octanol–water partition coefficient (Wildman–Crippen LogP) is -0.649. The third-order valence-corrected chi connectivity index (χ3v) is 2.98. The number of piperazine rings is 1. The molecule has 102 valence electrons. The van der Waals surface area contributed by atoms with E-state index in [1.54, 1.807) is 17.0 Å². The molecule has 1 aliphatic heterocycles. The van der Waals surface area contributed by atoms with E-state index in [1.165, 1.54) is 0 Å². The monoisotopic (exact) mass is 263 g/mol. The first-order valence-corrected chi connectivity index (χ1v) is 6.15. The Morgan fingerprint density at radius 1 is 1.37 bits per heavy atom. The fourth-order valence-corrected chi connectivity index (χ4v) is 1.92. The van der Waals surface area contributed by atoms with Gasteiger partial charge in [0.15, 0.2) is 6.61 Å². The number of nitrogens with one attached hydrogen (secondary N) is 1. The van der Waals surface area contributed by atoms with Crippen molar-refractivity contribution in [3.63, 3.8) is 0 Å². The highest BCUT2D eigenvalue weighted by molar-refractivity contribution is 5.83. The van der Waals surface area contributed by atoms with E-state index in [4.69, 9.17) is 10.5 Å². The number of carbonyl (C=O) groups is 2. The lowest BCUT2D eigenvalue weighted by Gasteiger charge is -2.32. The maximum absolute atomic E-state index is 12.0. The van der Waals surface area contributed by atoms with E-state index in [9.17, 15) is 9.59 Å². The molecule has 1 aromatic carbocycles. The molecule has 0 aliphatic carbocycles. The molecule has 0 bridgehead atoms. The van der Waals surface area contributed by atoms with Crippen LogP contribution >= 0.6 is 0 Å². The first kappa shape index (κ1) is 13.4. The third kappa shape index (κ3) is 3.69. The summed E-state index contributed by atoms with van der Waals surface area (Å²) in [6.07, 6.45) is 0. The van der Waals surface area contributed by atoms with Gasteiger partial charge in [0.25, 0.3) is 5.91 Å². The molecule has 2 amide bonds. The molecule has 2 rings (SSSR count). The lowest BCUT2D eigenvalue weighted by Crippen LogP contribution is -2.58. The second-order valence-electron chi connectivity index (χ2n) is 4.35. The molecule has 6 heteroatoms. The normalized spacial score (nSPS) is 18.9. The summed E-state index contributed by atoms with van der Waals surface area (Å²) in [4.78, 5) is 24.6. The van der Waals surface area contributed by atoms with Crippen molar-refractivity contribution in [2.75, 3.05) is 26.2 Å². The topological polar surface area (TPSA) is 84.7 Å². The highest BCUT2D eigenvalue weighted by Crippen LogP contribution is 2.08. The molecule has 0 unspecified atom stereocenters. The van der Waals surface area contributed by atoms with Crippen molar-refractivity contribution in [3.05, 3.63) is 30.3 Å². The number of hydrogen-bond donors (Lipinski definition) is 2. The molecular weight excluding hydrogens is 246 g/mol. The van der Waals surface area contributed by atoms with Crippen molar-refractivity contribution in [1.82, 2.24) is 10.2 Å². The zero-order chi connectivity index (χ0) is 13.7. The van der Waals surface area contributed by atoms with Gasteiger partial charge < -0.3 is 20.7 Å². The van der Waals surface area contributed by atoms with E-state index in [2.05, 4.69) is 5.32 Å². The summed E-state index contributed by atoms with van der Waals surface area (Å²) in [6.45, 7) is 1.38. The lowest BCUT2D eigenvalue weighted by atomic mass is 10.2. The van der Waals surface area contributed by atoms with Crippen LogP contribution in [-0.2, 0) is 9.59 Å². The molecule has 6 nitrogen and oxygen atoms in total. The molecule has 0 radical (unpaired) electrons. The van der Waals surface area contributed by atoms with Crippen LogP contribution in [0.5, 0.6) is 5.75 Å². The minimum atomic E-state index is -0.477. The van der Waals surface area contributed by atoms with Crippen molar-refractivity contribution >= 4 is 11.8 Å². The second-order valence-corrected chi connectivity index (χ2v) is 4.35. The number of nitrogens with two attached hydrogens (primary N) is 1. The molecule has 19 heavy (non-hydrogen) atoms. The van der Waals surface area contributed by atoms with Crippen LogP contribution < -0.4 is 15.8 Å². The zero-order valence-electron chi connectivity index (χ0n) is 10.5. The van der Waals surface area contributed by atoms with E-state index in [0.29, 0.717) is 25.4 Å². The van der Waals surface area contributed by atoms with E-state index < -0.39 is 11.9 Å². The highest BCUT2D eigenvalue weighted by Gasteiger charge is 2.26. The van der Waals surface area contributed by atoms with Gasteiger partial charge >= 0.3 is 0 Å². The fourth-order valence-electron chi connectivity index (χ4n) is 1.92. The number of para-hydroxylation sites is 1. The maximum atomic E-state index is 12.0. The van der Waals surface area contributed by atoms with Crippen LogP contribution in [0, 0.1) is 0 Å². The van der Waals surface area contributed by atoms with Gasteiger partial charge in [-0.05, 0) is 12.1 Å². The molecule has 1 atom stereocenters. The standard InChI is InChI=1S/C13H17N3O3/c14-13(18)11-8-16(7-6-15-11)12(17)9-19-10-4-2-1-3-5-10/h1-5,11,15H,6-9H2,(H2,14,18)/t11-/m0/s1. The summed E-state index contributed by atoms with van der Waals surface area (Å²) in [5.74, 6) is 0.0653. The summed E-state index contributed by atoms with van der Waals surface area (Å²) in [5.41, 5.74) is 5.22. The first-order chi connectivity index (χ1) is 9.16. The Balaban J connectivity index is 1.84. The Bertz CT molecular complexity index is 450. The number of rotatable bonds is 4. The number of carbonyl (C=O) groups excluding carboxylic acids is 2. The van der Waals surface area contributed by atoms with Crippen molar-refractivity contribution in [2.45, 2.75) is 6.04 Å². The average molecular weight is 263 g/mol. The maximum Gasteiger partial charge on any atom is 0.260 e. The van der Waals surface area contributed by atoms with Gasteiger partial charge in [0.1, 0.15) is 11.8 Å². The summed E-state index contributed by atoms with van der Waals surface area (Å²) < 4.78 is 5.39. The summed E-state index contributed by atoms with van der Waals surface area (Å²) in [7, 11) is 0.